The van der Waals surface area contributed by atoms with E-state index in [1.165, 1.54) is 0 Å². The number of benzene rings is 2. The van der Waals surface area contributed by atoms with Crippen LogP contribution in [0.4, 0.5) is 0 Å². The molecule has 0 atom stereocenters. The Balaban J connectivity index is 1.56. The zero-order valence-electron chi connectivity index (χ0n) is 11.2. The molecule has 0 saturated heterocycles. The summed E-state index contributed by atoms with van der Waals surface area (Å²) in [5.74, 6) is 1.86. The van der Waals surface area contributed by atoms with Gasteiger partial charge in [0, 0.05) is 17.5 Å². The van der Waals surface area contributed by atoms with Gasteiger partial charge in [-0.05, 0) is 24.6 Å². The van der Waals surface area contributed by atoms with Gasteiger partial charge in [-0.25, -0.2) is 0 Å². The molecular formula is C17H16O3. The normalized spacial score (nSPS) is 13.1. The first-order chi connectivity index (χ1) is 9.84. The van der Waals surface area contributed by atoms with Crippen molar-refractivity contribution in [1.82, 2.24) is 0 Å². The van der Waals surface area contributed by atoms with Gasteiger partial charge < -0.3 is 9.47 Å². The van der Waals surface area contributed by atoms with Crippen LogP contribution < -0.4 is 9.47 Å². The maximum Gasteiger partial charge on any atom is 0.163 e. The van der Waals surface area contributed by atoms with Crippen LogP contribution in [0.1, 0.15) is 22.3 Å². The molecule has 0 spiro atoms. The SMILES string of the molecule is O=C1CCc2c(OCCOc3ccccc3)cccc21. The summed E-state index contributed by atoms with van der Waals surface area (Å²) in [6.07, 6.45) is 1.38. The molecule has 0 radical (unpaired) electrons. The van der Waals surface area contributed by atoms with Crippen LogP contribution in [0.5, 0.6) is 11.5 Å². The predicted octanol–water partition coefficient (Wildman–Crippen LogP) is 3.27. The maximum atomic E-state index is 11.7. The Kier molecular flexibility index (Phi) is 3.68. The first-order valence-electron chi connectivity index (χ1n) is 6.80. The summed E-state index contributed by atoms with van der Waals surface area (Å²) in [5.41, 5.74) is 1.85. The molecule has 20 heavy (non-hydrogen) atoms. The first-order valence-corrected chi connectivity index (χ1v) is 6.80. The van der Waals surface area contributed by atoms with E-state index >= 15 is 0 Å². The Morgan fingerprint density at radius 3 is 2.50 bits per heavy atom. The second kappa shape index (κ2) is 5.78. The molecule has 0 fully saturated rings. The van der Waals surface area contributed by atoms with Crippen molar-refractivity contribution in [2.24, 2.45) is 0 Å². The molecule has 1 aliphatic rings. The van der Waals surface area contributed by atoms with E-state index in [1.54, 1.807) is 0 Å². The molecule has 1 aliphatic carbocycles. The molecule has 3 heteroatoms. The van der Waals surface area contributed by atoms with Crippen molar-refractivity contribution < 1.29 is 14.3 Å². The second-order valence-corrected chi connectivity index (χ2v) is 4.72. The van der Waals surface area contributed by atoms with Crippen molar-refractivity contribution in [2.75, 3.05) is 13.2 Å². The summed E-state index contributed by atoms with van der Waals surface area (Å²) in [4.78, 5) is 11.7. The summed E-state index contributed by atoms with van der Waals surface area (Å²) in [6, 6.07) is 15.3. The number of Topliss-reactive ketones (excluding diaryl/α,β-unsaturated/α-hetero) is 1. The molecule has 3 rings (SSSR count). The van der Waals surface area contributed by atoms with Crippen molar-refractivity contribution >= 4 is 5.78 Å². The van der Waals surface area contributed by atoms with E-state index in [0.29, 0.717) is 19.6 Å². The predicted molar refractivity (Wildman–Crippen MR) is 76.5 cm³/mol. The smallest absolute Gasteiger partial charge is 0.163 e. The van der Waals surface area contributed by atoms with Crippen LogP contribution in [0.3, 0.4) is 0 Å². The van der Waals surface area contributed by atoms with Gasteiger partial charge in [0.05, 0.1) is 0 Å². The van der Waals surface area contributed by atoms with Crippen molar-refractivity contribution in [2.45, 2.75) is 12.8 Å². The Morgan fingerprint density at radius 2 is 1.65 bits per heavy atom. The fourth-order valence-electron chi connectivity index (χ4n) is 2.42. The molecule has 0 unspecified atom stereocenters. The highest BCUT2D eigenvalue weighted by Gasteiger charge is 2.22. The number of hydrogen-bond acceptors (Lipinski definition) is 3. The standard InChI is InChI=1S/C17H16O3/c18-16-10-9-15-14(16)7-4-8-17(15)20-12-11-19-13-5-2-1-3-6-13/h1-8H,9-12H2. The molecule has 0 heterocycles. The summed E-state index contributed by atoms with van der Waals surface area (Å²) >= 11 is 0. The molecule has 0 amide bonds. The van der Waals surface area contributed by atoms with Crippen LogP contribution in [0.25, 0.3) is 0 Å². The maximum absolute atomic E-state index is 11.7. The lowest BCUT2D eigenvalue weighted by Crippen LogP contribution is -2.10. The van der Waals surface area contributed by atoms with E-state index in [9.17, 15) is 4.79 Å². The molecule has 0 N–H and O–H groups in total. The topological polar surface area (TPSA) is 35.5 Å². The number of para-hydroxylation sites is 1. The van der Waals surface area contributed by atoms with Crippen molar-refractivity contribution in [3.63, 3.8) is 0 Å². The van der Waals surface area contributed by atoms with Crippen molar-refractivity contribution in [3.8, 4) is 11.5 Å². The van der Waals surface area contributed by atoms with Crippen LogP contribution in [0.2, 0.25) is 0 Å². The quantitative estimate of drug-likeness (QED) is 0.781. The molecule has 0 aliphatic heterocycles. The highest BCUT2D eigenvalue weighted by molar-refractivity contribution is 6.01. The molecule has 102 valence electrons. The number of fused-ring (bicyclic) bond motifs is 1. The molecule has 2 aromatic rings. The number of carbonyl (C=O) groups excluding carboxylic acids is 1. The number of rotatable bonds is 5. The van der Waals surface area contributed by atoms with Crippen LogP contribution in [0, 0.1) is 0 Å². The summed E-state index contributed by atoms with van der Waals surface area (Å²) in [5, 5.41) is 0. The lowest BCUT2D eigenvalue weighted by molar-refractivity contribution is 0.0994. The number of ether oxygens (including phenoxy) is 2. The van der Waals surface area contributed by atoms with Gasteiger partial charge in [-0.1, -0.05) is 30.3 Å². The minimum atomic E-state index is 0.214. The van der Waals surface area contributed by atoms with Crippen molar-refractivity contribution in [3.05, 3.63) is 59.7 Å². The Labute approximate surface area is 118 Å². The van der Waals surface area contributed by atoms with Gasteiger partial charge >= 0.3 is 0 Å². The van der Waals surface area contributed by atoms with E-state index in [0.717, 1.165) is 29.0 Å². The Bertz CT molecular complexity index is 605. The summed E-state index contributed by atoms with van der Waals surface area (Å²) in [6.45, 7) is 0.959. The monoisotopic (exact) mass is 268 g/mol. The second-order valence-electron chi connectivity index (χ2n) is 4.72. The van der Waals surface area contributed by atoms with Crippen LogP contribution in [-0.2, 0) is 6.42 Å². The zero-order valence-corrected chi connectivity index (χ0v) is 11.2. The Morgan fingerprint density at radius 1 is 0.850 bits per heavy atom. The first kappa shape index (κ1) is 12.7. The van der Waals surface area contributed by atoms with Gasteiger partial charge in [-0.15, -0.1) is 0 Å². The molecular weight excluding hydrogens is 252 g/mol. The van der Waals surface area contributed by atoms with Gasteiger partial charge in [-0.3, -0.25) is 4.79 Å². The van der Waals surface area contributed by atoms with E-state index in [1.807, 2.05) is 48.5 Å². The highest BCUT2D eigenvalue weighted by atomic mass is 16.5. The molecule has 0 saturated carbocycles. The van der Waals surface area contributed by atoms with Gasteiger partial charge in [0.2, 0.25) is 0 Å². The zero-order chi connectivity index (χ0) is 13.8. The van der Waals surface area contributed by atoms with E-state index < -0.39 is 0 Å². The third kappa shape index (κ3) is 2.67. The van der Waals surface area contributed by atoms with Gasteiger partial charge in [-0.2, -0.15) is 0 Å². The fraction of sp³-hybridized carbons (Fsp3) is 0.235. The van der Waals surface area contributed by atoms with Gasteiger partial charge in [0.1, 0.15) is 24.7 Å². The van der Waals surface area contributed by atoms with Crippen LogP contribution in [0.15, 0.2) is 48.5 Å². The molecule has 0 aromatic heterocycles. The fourth-order valence-corrected chi connectivity index (χ4v) is 2.42. The summed E-state index contributed by atoms with van der Waals surface area (Å²) in [7, 11) is 0. The largest absolute Gasteiger partial charge is 0.490 e. The molecule has 3 nitrogen and oxygen atoms in total. The third-order valence-electron chi connectivity index (χ3n) is 3.39. The lowest BCUT2D eigenvalue weighted by atomic mass is 10.1. The van der Waals surface area contributed by atoms with Crippen LogP contribution in [-0.4, -0.2) is 19.0 Å². The number of hydrogen-bond donors (Lipinski definition) is 0. The number of ketones is 1. The minimum Gasteiger partial charge on any atom is -0.490 e. The van der Waals surface area contributed by atoms with Crippen molar-refractivity contribution in [1.29, 1.82) is 0 Å². The molecule has 0 bridgehead atoms. The average molecular weight is 268 g/mol. The van der Waals surface area contributed by atoms with Crippen LogP contribution >= 0.6 is 0 Å². The molecule has 2 aromatic carbocycles. The highest BCUT2D eigenvalue weighted by Crippen LogP contribution is 2.30. The van der Waals surface area contributed by atoms with Gasteiger partial charge in [0.15, 0.2) is 5.78 Å². The van der Waals surface area contributed by atoms with Gasteiger partial charge in [0.25, 0.3) is 0 Å². The third-order valence-corrected chi connectivity index (χ3v) is 3.39. The van der Waals surface area contributed by atoms with E-state index in [2.05, 4.69) is 0 Å². The Hall–Kier alpha value is -2.29. The average Bonchev–Trinajstić information content (AvgIpc) is 2.87. The minimum absolute atomic E-state index is 0.214. The lowest BCUT2D eigenvalue weighted by Gasteiger charge is -2.11. The summed E-state index contributed by atoms with van der Waals surface area (Å²) < 4.78 is 11.3. The number of carbonyl (C=O) groups is 1. The van der Waals surface area contributed by atoms with E-state index in [4.69, 9.17) is 9.47 Å². The van der Waals surface area contributed by atoms with E-state index in [-0.39, 0.29) is 5.78 Å².